The number of benzene rings is 1. The van der Waals surface area contributed by atoms with Gasteiger partial charge in [0.1, 0.15) is 17.2 Å². The van der Waals surface area contributed by atoms with Crippen LogP contribution in [0.5, 0.6) is 0 Å². The van der Waals surface area contributed by atoms with Crippen LogP contribution in [0.1, 0.15) is 32.3 Å². The molecule has 1 saturated carbocycles. The van der Waals surface area contributed by atoms with E-state index in [1.165, 1.54) is 17.0 Å². The Bertz CT molecular complexity index is 670. The minimum absolute atomic E-state index is 0. The van der Waals surface area contributed by atoms with Crippen LogP contribution in [-0.2, 0) is 16.1 Å². The lowest BCUT2D eigenvalue weighted by molar-refractivity contribution is -0.229. The number of carbonyl (C=O) groups is 1. The van der Waals surface area contributed by atoms with E-state index in [0.29, 0.717) is 6.61 Å². The van der Waals surface area contributed by atoms with E-state index in [1.54, 1.807) is 7.05 Å². The van der Waals surface area contributed by atoms with Crippen molar-refractivity contribution in [3.8, 4) is 0 Å². The van der Waals surface area contributed by atoms with Crippen molar-refractivity contribution >= 4 is 18.3 Å². The van der Waals surface area contributed by atoms with Gasteiger partial charge in [-0.25, -0.2) is 8.78 Å². The maximum Gasteiger partial charge on any atom is 0.243 e. The fraction of sp³-hybridized carbons (Fsp3) is 0.611. The second kappa shape index (κ2) is 6.82. The quantitative estimate of drug-likeness (QED) is 0.885. The number of hydrogen-bond donors (Lipinski definition) is 1. The minimum Gasteiger partial charge on any atom is -0.377 e. The summed E-state index contributed by atoms with van der Waals surface area (Å²) in [4.78, 5) is 14.5. The molecule has 2 aliphatic rings. The predicted octanol–water partition coefficient (Wildman–Crippen LogP) is 2.88. The Balaban J connectivity index is 0.00000225. The summed E-state index contributed by atoms with van der Waals surface area (Å²) in [6.45, 7) is 4.65. The molecule has 0 radical (unpaired) electrons. The highest BCUT2D eigenvalue weighted by Crippen LogP contribution is 2.57. The van der Waals surface area contributed by atoms with E-state index in [-0.39, 0.29) is 42.4 Å². The fourth-order valence-corrected chi connectivity index (χ4v) is 4.30. The summed E-state index contributed by atoms with van der Waals surface area (Å²) < 4.78 is 32.7. The summed E-state index contributed by atoms with van der Waals surface area (Å²) in [7, 11) is 1.60. The van der Waals surface area contributed by atoms with Crippen LogP contribution in [0.25, 0.3) is 0 Å². The van der Waals surface area contributed by atoms with E-state index < -0.39 is 22.6 Å². The number of fused-ring (bicyclic) bond motifs is 1. The van der Waals surface area contributed by atoms with Crippen LogP contribution in [0.4, 0.5) is 8.78 Å². The molecule has 7 heteroatoms. The van der Waals surface area contributed by atoms with Crippen LogP contribution in [0.2, 0.25) is 0 Å². The Morgan fingerprint density at radius 3 is 2.72 bits per heavy atom. The molecule has 0 spiro atoms. The van der Waals surface area contributed by atoms with Gasteiger partial charge in [0.15, 0.2) is 0 Å². The van der Waals surface area contributed by atoms with E-state index >= 15 is 0 Å². The van der Waals surface area contributed by atoms with Crippen molar-refractivity contribution in [2.45, 2.75) is 44.9 Å². The highest BCUT2D eigenvalue weighted by Gasteiger charge is 2.70. The third kappa shape index (κ3) is 2.94. The molecule has 140 valence electrons. The topological polar surface area (TPSA) is 55.6 Å². The number of ether oxygens (including phenoxy) is 1. The number of rotatable bonds is 3. The zero-order valence-electron chi connectivity index (χ0n) is 14.7. The Labute approximate surface area is 153 Å². The van der Waals surface area contributed by atoms with Crippen LogP contribution in [0, 0.1) is 23.0 Å². The molecule has 1 aromatic carbocycles. The van der Waals surface area contributed by atoms with Gasteiger partial charge >= 0.3 is 0 Å². The Morgan fingerprint density at radius 1 is 1.40 bits per heavy atom. The molecule has 0 aromatic heterocycles. The third-order valence-electron chi connectivity index (χ3n) is 5.81. The molecule has 1 aliphatic heterocycles. The highest BCUT2D eigenvalue weighted by molar-refractivity contribution is 5.89. The average Bonchev–Trinajstić information content (AvgIpc) is 2.55. The second-order valence-electron chi connectivity index (χ2n) is 7.53. The molecule has 3 rings (SSSR count). The highest BCUT2D eigenvalue weighted by atomic mass is 35.5. The molecule has 3 unspecified atom stereocenters. The molecule has 2 N–H and O–H groups in total. The Hall–Kier alpha value is -1.24. The minimum atomic E-state index is -1.02. The zero-order chi connectivity index (χ0) is 17.7. The summed E-state index contributed by atoms with van der Waals surface area (Å²) in [5, 5.41) is 0. The number of halogens is 3. The van der Waals surface area contributed by atoms with Crippen molar-refractivity contribution in [2.24, 2.45) is 17.1 Å². The van der Waals surface area contributed by atoms with Crippen molar-refractivity contribution in [1.82, 2.24) is 4.90 Å². The van der Waals surface area contributed by atoms with Gasteiger partial charge in [0.05, 0.1) is 6.10 Å². The summed E-state index contributed by atoms with van der Waals surface area (Å²) >= 11 is 0. The number of hydrogen-bond acceptors (Lipinski definition) is 3. The van der Waals surface area contributed by atoms with E-state index in [0.717, 1.165) is 18.9 Å². The molecule has 1 aromatic rings. The van der Waals surface area contributed by atoms with Gasteiger partial charge in [0.2, 0.25) is 5.91 Å². The fourth-order valence-electron chi connectivity index (χ4n) is 4.30. The smallest absolute Gasteiger partial charge is 0.243 e. The SMILES string of the molecule is CN(Cc1ccc(F)cc1F)C(=O)C1(N)C2CCCOC2C1(C)C.Cl. The Kier molecular flexibility index (Phi) is 5.47. The molecular weight excluding hydrogens is 350 g/mol. The van der Waals surface area contributed by atoms with Gasteiger partial charge in [0, 0.05) is 43.2 Å². The predicted molar refractivity (Wildman–Crippen MR) is 93.2 cm³/mol. The molecule has 4 nitrogen and oxygen atoms in total. The average molecular weight is 375 g/mol. The molecule has 0 bridgehead atoms. The second-order valence-corrected chi connectivity index (χ2v) is 7.53. The summed E-state index contributed by atoms with van der Waals surface area (Å²) in [6.07, 6.45) is 1.73. The van der Waals surface area contributed by atoms with E-state index in [1.807, 2.05) is 13.8 Å². The molecule has 1 aliphatic carbocycles. The third-order valence-corrected chi connectivity index (χ3v) is 5.81. The maximum atomic E-state index is 13.9. The van der Waals surface area contributed by atoms with E-state index in [4.69, 9.17) is 10.5 Å². The van der Waals surface area contributed by atoms with Gasteiger partial charge in [-0.3, -0.25) is 4.79 Å². The standard InChI is InChI=1S/C18H24F2N2O2.ClH/c1-17(2)15-13(5-4-8-24-15)18(17,21)16(23)22(3)10-11-6-7-12(19)9-14(11)20;/h6-7,9,13,15H,4-5,8,10,21H2,1-3H3;1H. The first kappa shape index (κ1) is 20.1. The van der Waals surface area contributed by atoms with Crippen LogP contribution in [0.3, 0.4) is 0 Å². The number of carbonyl (C=O) groups excluding carboxylic acids is 1. The van der Waals surface area contributed by atoms with Gasteiger partial charge in [-0.1, -0.05) is 19.9 Å². The number of likely N-dealkylation sites (N-methyl/N-ethyl adjacent to an activating group) is 1. The molecule has 3 atom stereocenters. The molecular formula is C18H25ClF2N2O2. The van der Waals surface area contributed by atoms with E-state index in [9.17, 15) is 13.6 Å². The number of nitrogens with two attached hydrogens (primary N) is 1. The van der Waals surface area contributed by atoms with Gasteiger partial charge < -0.3 is 15.4 Å². The number of amides is 1. The summed E-state index contributed by atoms with van der Waals surface area (Å²) in [5.41, 5.74) is 5.33. The molecule has 1 amide bonds. The lowest BCUT2D eigenvalue weighted by atomic mass is 9.46. The molecule has 25 heavy (non-hydrogen) atoms. The van der Waals surface area contributed by atoms with Gasteiger partial charge in [-0.2, -0.15) is 0 Å². The first-order chi connectivity index (χ1) is 11.2. The van der Waals surface area contributed by atoms with Crippen LogP contribution in [0.15, 0.2) is 18.2 Å². The van der Waals surface area contributed by atoms with Gasteiger partial charge in [-0.05, 0) is 18.9 Å². The normalized spacial score (nSPS) is 29.8. The lowest BCUT2D eigenvalue weighted by Crippen LogP contribution is -2.82. The molecule has 2 fully saturated rings. The summed E-state index contributed by atoms with van der Waals surface area (Å²) in [6, 6.07) is 3.37. The van der Waals surface area contributed by atoms with Crippen molar-refractivity contribution in [3.05, 3.63) is 35.4 Å². The Morgan fingerprint density at radius 2 is 2.08 bits per heavy atom. The van der Waals surface area contributed by atoms with Crippen molar-refractivity contribution in [3.63, 3.8) is 0 Å². The van der Waals surface area contributed by atoms with Gasteiger partial charge in [0.25, 0.3) is 0 Å². The largest absolute Gasteiger partial charge is 0.377 e. The maximum absolute atomic E-state index is 13.9. The van der Waals surface area contributed by atoms with E-state index in [2.05, 4.69) is 0 Å². The first-order valence-electron chi connectivity index (χ1n) is 8.29. The van der Waals surface area contributed by atoms with Crippen molar-refractivity contribution in [1.29, 1.82) is 0 Å². The molecule has 1 saturated heterocycles. The van der Waals surface area contributed by atoms with Gasteiger partial charge in [-0.15, -0.1) is 12.4 Å². The van der Waals surface area contributed by atoms with Crippen molar-refractivity contribution in [2.75, 3.05) is 13.7 Å². The van der Waals surface area contributed by atoms with Crippen LogP contribution >= 0.6 is 12.4 Å². The number of nitrogens with zero attached hydrogens (tertiary/aromatic N) is 1. The van der Waals surface area contributed by atoms with Crippen LogP contribution in [-0.4, -0.2) is 36.1 Å². The lowest BCUT2D eigenvalue weighted by Gasteiger charge is -2.65. The van der Waals surface area contributed by atoms with Crippen molar-refractivity contribution < 1.29 is 18.3 Å². The zero-order valence-corrected chi connectivity index (χ0v) is 15.5. The molecule has 1 heterocycles. The van der Waals surface area contributed by atoms with Crippen LogP contribution < -0.4 is 5.73 Å². The summed E-state index contributed by atoms with van der Waals surface area (Å²) in [5.74, 6) is -1.53. The first-order valence-corrected chi connectivity index (χ1v) is 8.29. The monoisotopic (exact) mass is 374 g/mol.